The summed E-state index contributed by atoms with van der Waals surface area (Å²) in [6, 6.07) is 5.23. The summed E-state index contributed by atoms with van der Waals surface area (Å²) in [5.74, 6) is 0.822. The highest BCUT2D eigenvalue weighted by molar-refractivity contribution is 8.13. The van der Waals surface area contributed by atoms with Crippen LogP contribution in [-0.2, 0) is 10.3 Å². The van der Waals surface area contributed by atoms with Gasteiger partial charge in [0.1, 0.15) is 5.82 Å². The van der Waals surface area contributed by atoms with Crippen molar-refractivity contribution in [3.63, 3.8) is 0 Å². The maximum absolute atomic E-state index is 14.4. The second-order valence-electron chi connectivity index (χ2n) is 5.59. The molecule has 3 nitrogen and oxygen atoms in total. The van der Waals surface area contributed by atoms with E-state index in [1.807, 2.05) is 13.0 Å². The second kappa shape index (κ2) is 5.04. The van der Waals surface area contributed by atoms with Crippen molar-refractivity contribution in [3.8, 4) is 0 Å². The van der Waals surface area contributed by atoms with Crippen molar-refractivity contribution in [2.45, 2.75) is 31.4 Å². The molecule has 0 saturated heterocycles. The summed E-state index contributed by atoms with van der Waals surface area (Å²) in [7, 11) is 1.72. The van der Waals surface area contributed by atoms with Gasteiger partial charge in [-0.05, 0) is 25.8 Å². The van der Waals surface area contributed by atoms with Crippen LogP contribution in [0.2, 0.25) is 0 Å². The fourth-order valence-corrected chi connectivity index (χ4v) is 4.56. The Bertz CT molecular complexity index is 563. The quantitative estimate of drug-likeness (QED) is 0.912. The van der Waals surface area contributed by atoms with Gasteiger partial charge in [-0.3, -0.25) is 4.99 Å². The Morgan fingerprint density at radius 3 is 3.05 bits per heavy atom. The van der Waals surface area contributed by atoms with Gasteiger partial charge in [0.2, 0.25) is 0 Å². The first-order valence-corrected chi connectivity index (χ1v) is 7.83. The number of aliphatic imine (C=N–C) groups is 1. The van der Waals surface area contributed by atoms with Crippen LogP contribution in [0.4, 0.5) is 4.39 Å². The number of nitrogens with zero attached hydrogens (tertiary/aromatic N) is 1. The monoisotopic (exact) mass is 294 g/mol. The van der Waals surface area contributed by atoms with Crippen molar-refractivity contribution in [3.05, 3.63) is 35.1 Å². The number of benzene rings is 1. The smallest absolute Gasteiger partial charge is 0.154 e. The van der Waals surface area contributed by atoms with E-state index in [1.165, 1.54) is 6.07 Å². The van der Waals surface area contributed by atoms with Crippen molar-refractivity contribution in [2.24, 2.45) is 16.6 Å². The summed E-state index contributed by atoms with van der Waals surface area (Å²) < 4.78 is 20.0. The Morgan fingerprint density at radius 2 is 2.30 bits per heavy atom. The predicted octanol–water partition coefficient (Wildman–Crippen LogP) is 2.82. The Kier molecular flexibility index (Phi) is 3.50. The molecule has 1 aliphatic heterocycles. The maximum atomic E-state index is 14.4. The number of rotatable bonds is 2. The molecule has 1 aliphatic carbocycles. The number of nitrogens with two attached hydrogens (primary N) is 1. The summed E-state index contributed by atoms with van der Waals surface area (Å²) in [5.41, 5.74) is 7.10. The number of fused-ring (bicyclic) bond motifs is 1. The van der Waals surface area contributed by atoms with Crippen LogP contribution in [0, 0.1) is 18.7 Å². The Labute approximate surface area is 122 Å². The molecule has 0 radical (unpaired) electrons. The van der Waals surface area contributed by atoms with Gasteiger partial charge in [-0.1, -0.05) is 29.5 Å². The van der Waals surface area contributed by atoms with Crippen LogP contribution in [0.3, 0.4) is 0 Å². The molecule has 1 aromatic rings. The van der Waals surface area contributed by atoms with E-state index in [1.54, 1.807) is 24.9 Å². The van der Waals surface area contributed by atoms with Gasteiger partial charge >= 0.3 is 0 Å². The van der Waals surface area contributed by atoms with Gasteiger partial charge in [-0.15, -0.1) is 0 Å². The van der Waals surface area contributed by atoms with Crippen LogP contribution in [0.1, 0.15) is 24.0 Å². The fourth-order valence-electron chi connectivity index (χ4n) is 3.49. The van der Waals surface area contributed by atoms with Gasteiger partial charge < -0.3 is 10.5 Å². The average molecular weight is 294 g/mol. The summed E-state index contributed by atoms with van der Waals surface area (Å²) >= 11 is 1.54. The lowest BCUT2D eigenvalue weighted by molar-refractivity contribution is 0.0645. The highest BCUT2D eigenvalue weighted by Gasteiger charge is 2.53. The molecule has 20 heavy (non-hydrogen) atoms. The molecule has 1 aromatic carbocycles. The minimum absolute atomic E-state index is 0.124. The van der Waals surface area contributed by atoms with Gasteiger partial charge in [-0.2, -0.15) is 0 Å². The number of methoxy groups -OCH3 is 1. The van der Waals surface area contributed by atoms with Crippen molar-refractivity contribution < 1.29 is 9.13 Å². The molecule has 108 valence electrons. The second-order valence-corrected chi connectivity index (χ2v) is 6.63. The minimum atomic E-state index is -0.549. The van der Waals surface area contributed by atoms with E-state index >= 15 is 0 Å². The van der Waals surface area contributed by atoms with Crippen LogP contribution >= 0.6 is 11.8 Å². The molecule has 1 saturated carbocycles. The molecule has 1 fully saturated rings. The highest BCUT2D eigenvalue weighted by atomic mass is 32.2. The van der Waals surface area contributed by atoms with E-state index in [0.717, 1.165) is 24.2 Å². The lowest BCUT2D eigenvalue weighted by Crippen LogP contribution is -2.41. The third-order valence-corrected chi connectivity index (χ3v) is 5.40. The van der Waals surface area contributed by atoms with Crippen LogP contribution in [0.15, 0.2) is 23.2 Å². The molecular weight excluding hydrogens is 275 g/mol. The summed E-state index contributed by atoms with van der Waals surface area (Å²) in [5, 5.41) is 0.555. The van der Waals surface area contributed by atoms with Gasteiger partial charge in [0.25, 0.3) is 0 Å². The van der Waals surface area contributed by atoms with E-state index in [-0.39, 0.29) is 17.8 Å². The van der Waals surface area contributed by atoms with Crippen LogP contribution in [-0.4, -0.2) is 24.1 Å². The largest absolute Gasteiger partial charge is 0.381 e. The molecule has 2 aliphatic rings. The molecule has 0 amide bonds. The van der Waals surface area contributed by atoms with Gasteiger partial charge in [-0.25, -0.2) is 4.39 Å². The van der Waals surface area contributed by atoms with Crippen LogP contribution < -0.4 is 5.73 Å². The number of halogens is 1. The zero-order valence-electron chi connectivity index (χ0n) is 11.7. The van der Waals surface area contributed by atoms with Crippen molar-refractivity contribution in [1.82, 2.24) is 0 Å². The average Bonchev–Trinajstić information content (AvgIpc) is 2.80. The molecule has 0 spiro atoms. The standard InChI is InChI=1S/C15H19FN2OS/c1-9-3-4-12(16)10(7-9)15-6-5-13(19-2)11(15)8-20-14(17)18-15/h3-4,7,11,13H,5-6,8H2,1-2H3,(H2,17,18)/t11-,13?,15-/m1/s1. The van der Waals surface area contributed by atoms with E-state index in [0.29, 0.717) is 10.7 Å². The molecular formula is C15H19FN2OS. The van der Waals surface area contributed by atoms with Crippen LogP contribution in [0.5, 0.6) is 0 Å². The fraction of sp³-hybridized carbons (Fsp3) is 0.533. The SMILES string of the molecule is COC1CC[C@]2(c3cc(C)ccc3F)N=C(N)SC[C@H]12. The molecule has 5 heteroatoms. The molecule has 1 unspecified atom stereocenters. The minimum Gasteiger partial charge on any atom is -0.381 e. The van der Waals surface area contributed by atoms with E-state index in [2.05, 4.69) is 4.99 Å². The molecule has 0 aromatic heterocycles. The van der Waals surface area contributed by atoms with Crippen molar-refractivity contribution in [1.29, 1.82) is 0 Å². The summed E-state index contributed by atoms with van der Waals surface area (Å²) in [4.78, 5) is 4.68. The first-order valence-electron chi connectivity index (χ1n) is 6.84. The molecule has 0 bridgehead atoms. The third kappa shape index (κ3) is 2.04. The van der Waals surface area contributed by atoms with Crippen molar-refractivity contribution in [2.75, 3.05) is 12.9 Å². The zero-order valence-corrected chi connectivity index (χ0v) is 12.5. The van der Waals surface area contributed by atoms with Gasteiger partial charge in [0.05, 0.1) is 11.6 Å². The van der Waals surface area contributed by atoms with E-state index in [9.17, 15) is 4.39 Å². The predicted molar refractivity (Wildman–Crippen MR) is 80.4 cm³/mol. The Hall–Kier alpha value is -1.07. The number of hydrogen-bond donors (Lipinski definition) is 1. The normalized spacial score (nSPS) is 32.9. The molecule has 3 rings (SSSR count). The first kappa shape index (κ1) is 13.9. The van der Waals surface area contributed by atoms with E-state index in [4.69, 9.17) is 10.5 Å². The zero-order chi connectivity index (χ0) is 14.3. The summed E-state index contributed by atoms with van der Waals surface area (Å²) in [6.45, 7) is 1.97. The topological polar surface area (TPSA) is 47.6 Å². The van der Waals surface area contributed by atoms with Gasteiger partial charge in [0, 0.05) is 24.3 Å². The summed E-state index contributed by atoms with van der Waals surface area (Å²) in [6.07, 6.45) is 1.81. The lowest BCUT2D eigenvalue weighted by Gasteiger charge is -2.37. The highest BCUT2D eigenvalue weighted by Crippen LogP contribution is 2.52. The maximum Gasteiger partial charge on any atom is 0.154 e. The Balaban J connectivity index is 2.15. The number of hydrogen-bond acceptors (Lipinski definition) is 4. The van der Waals surface area contributed by atoms with E-state index < -0.39 is 5.54 Å². The number of aryl methyl sites for hydroxylation is 1. The van der Waals surface area contributed by atoms with Crippen LogP contribution in [0.25, 0.3) is 0 Å². The molecule has 1 heterocycles. The van der Waals surface area contributed by atoms with Crippen molar-refractivity contribution >= 4 is 16.9 Å². The first-order chi connectivity index (χ1) is 9.56. The number of amidine groups is 1. The third-order valence-electron chi connectivity index (χ3n) is 4.48. The Morgan fingerprint density at radius 1 is 1.50 bits per heavy atom. The molecule has 2 N–H and O–H groups in total. The number of ether oxygens (including phenoxy) is 1. The lowest BCUT2D eigenvalue weighted by atomic mass is 9.80. The number of thioether (sulfide) groups is 1. The van der Waals surface area contributed by atoms with Gasteiger partial charge in [0.15, 0.2) is 5.17 Å². The molecule has 3 atom stereocenters.